The molecule has 0 fully saturated rings. The Bertz CT molecular complexity index is 492. The molecule has 0 unspecified atom stereocenters. The maximum absolute atomic E-state index is 10.7. The van der Waals surface area contributed by atoms with Crippen molar-refractivity contribution in [1.29, 1.82) is 0 Å². The Morgan fingerprint density at radius 3 is 2.87 bits per heavy atom. The van der Waals surface area contributed by atoms with Gasteiger partial charge >= 0.3 is 5.97 Å². The Balaban J connectivity index is 2.48. The van der Waals surface area contributed by atoms with Gasteiger partial charge in [-0.15, -0.1) is 0 Å². The molecule has 0 aromatic carbocycles. The van der Waals surface area contributed by atoms with E-state index in [2.05, 4.69) is 15.1 Å². The summed E-state index contributed by atoms with van der Waals surface area (Å²) in [7, 11) is 1.54. The third-order valence-electron chi connectivity index (χ3n) is 1.87. The summed E-state index contributed by atoms with van der Waals surface area (Å²) in [6.07, 6.45) is 3.21. The Hall–Kier alpha value is -2.24. The molecular formula is C9H8N4O2. The van der Waals surface area contributed by atoms with Gasteiger partial charge in [0.15, 0.2) is 5.82 Å². The highest BCUT2D eigenvalue weighted by Crippen LogP contribution is 2.12. The number of carboxylic acids is 1. The average Bonchev–Trinajstić information content (AvgIpc) is 2.62. The molecular weight excluding hydrogens is 196 g/mol. The maximum atomic E-state index is 10.7. The summed E-state index contributed by atoms with van der Waals surface area (Å²) >= 11 is 0. The molecule has 0 saturated heterocycles. The smallest absolute Gasteiger partial charge is 0.373 e. The lowest BCUT2D eigenvalue weighted by Gasteiger charge is -1.90. The molecule has 15 heavy (non-hydrogen) atoms. The van der Waals surface area contributed by atoms with E-state index in [1.54, 1.807) is 24.5 Å². The van der Waals surface area contributed by atoms with Crippen molar-refractivity contribution in [2.75, 3.05) is 0 Å². The van der Waals surface area contributed by atoms with Crippen LogP contribution in [-0.4, -0.2) is 30.8 Å². The second kappa shape index (κ2) is 3.49. The second-order valence-corrected chi connectivity index (χ2v) is 2.93. The van der Waals surface area contributed by atoms with Gasteiger partial charge in [-0.05, 0) is 12.1 Å². The minimum Gasteiger partial charge on any atom is -0.475 e. The van der Waals surface area contributed by atoms with E-state index in [-0.39, 0.29) is 5.82 Å². The third-order valence-corrected chi connectivity index (χ3v) is 1.87. The van der Waals surface area contributed by atoms with Gasteiger partial charge in [-0.1, -0.05) is 0 Å². The van der Waals surface area contributed by atoms with Crippen LogP contribution in [0.1, 0.15) is 10.6 Å². The van der Waals surface area contributed by atoms with E-state index in [0.717, 1.165) is 0 Å². The van der Waals surface area contributed by atoms with Crippen molar-refractivity contribution in [3.05, 3.63) is 30.4 Å². The zero-order valence-electron chi connectivity index (χ0n) is 7.95. The predicted octanol–water partition coefficient (Wildman–Crippen LogP) is 0.575. The fourth-order valence-corrected chi connectivity index (χ4v) is 1.19. The first-order chi connectivity index (χ1) is 7.18. The molecule has 1 N–H and O–H groups in total. The fraction of sp³-hybridized carbons (Fsp3) is 0.111. The van der Waals surface area contributed by atoms with Crippen LogP contribution < -0.4 is 0 Å². The lowest BCUT2D eigenvalue weighted by atomic mass is 10.3. The Morgan fingerprint density at radius 2 is 2.33 bits per heavy atom. The van der Waals surface area contributed by atoms with Gasteiger partial charge in [-0.3, -0.25) is 4.98 Å². The summed E-state index contributed by atoms with van der Waals surface area (Å²) in [5, 5.41) is 12.8. The Kier molecular flexibility index (Phi) is 2.17. The molecule has 6 nitrogen and oxygen atoms in total. The maximum Gasteiger partial charge on any atom is 0.373 e. The molecule has 76 valence electrons. The summed E-state index contributed by atoms with van der Waals surface area (Å²) in [5.74, 6) is -0.822. The van der Waals surface area contributed by atoms with Gasteiger partial charge in [-0.25, -0.2) is 14.5 Å². The number of carbonyl (C=O) groups is 1. The monoisotopic (exact) mass is 204 g/mol. The molecule has 0 aliphatic rings. The average molecular weight is 204 g/mol. The number of aryl methyl sites for hydroxylation is 1. The summed E-state index contributed by atoms with van der Waals surface area (Å²) in [5.41, 5.74) is 0.695. The number of pyridine rings is 1. The van der Waals surface area contributed by atoms with Crippen LogP contribution in [0.2, 0.25) is 0 Å². The number of aromatic carboxylic acids is 1. The Labute approximate surface area is 85.2 Å². The van der Waals surface area contributed by atoms with Gasteiger partial charge in [0.1, 0.15) is 0 Å². The largest absolute Gasteiger partial charge is 0.475 e. The molecule has 2 rings (SSSR count). The van der Waals surface area contributed by atoms with E-state index < -0.39 is 5.97 Å². The van der Waals surface area contributed by atoms with Crippen molar-refractivity contribution in [3.8, 4) is 11.4 Å². The van der Waals surface area contributed by atoms with Gasteiger partial charge in [0.05, 0.1) is 0 Å². The van der Waals surface area contributed by atoms with Crippen molar-refractivity contribution >= 4 is 5.97 Å². The first-order valence-corrected chi connectivity index (χ1v) is 4.23. The highest BCUT2D eigenvalue weighted by Gasteiger charge is 2.14. The highest BCUT2D eigenvalue weighted by molar-refractivity contribution is 5.84. The van der Waals surface area contributed by atoms with E-state index in [1.165, 1.54) is 11.7 Å². The molecule has 2 heterocycles. The van der Waals surface area contributed by atoms with Gasteiger partial charge < -0.3 is 5.11 Å². The van der Waals surface area contributed by atoms with E-state index in [9.17, 15) is 4.79 Å². The molecule has 0 amide bonds. The van der Waals surface area contributed by atoms with Crippen LogP contribution in [0.3, 0.4) is 0 Å². The summed E-state index contributed by atoms with van der Waals surface area (Å²) in [6, 6.07) is 3.51. The van der Waals surface area contributed by atoms with Crippen molar-refractivity contribution in [1.82, 2.24) is 19.7 Å². The van der Waals surface area contributed by atoms with Crippen LogP contribution >= 0.6 is 0 Å². The highest BCUT2D eigenvalue weighted by atomic mass is 16.4. The van der Waals surface area contributed by atoms with Crippen LogP contribution in [0.5, 0.6) is 0 Å². The standard InChI is InChI=1S/C9H8N4O2/c1-13-8(9(14)15)11-7(12-13)6-3-2-4-10-5-6/h2-5H,1H3,(H,14,15). The lowest BCUT2D eigenvalue weighted by Crippen LogP contribution is -2.06. The molecule has 0 atom stereocenters. The first-order valence-electron chi connectivity index (χ1n) is 4.23. The number of carboxylic acid groups (broad SMARTS) is 1. The first kappa shape index (κ1) is 9.32. The van der Waals surface area contributed by atoms with Crippen molar-refractivity contribution < 1.29 is 9.90 Å². The van der Waals surface area contributed by atoms with E-state index in [1.807, 2.05) is 0 Å². The van der Waals surface area contributed by atoms with E-state index >= 15 is 0 Å². The van der Waals surface area contributed by atoms with Gasteiger partial charge in [0.2, 0.25) is 5.82 Å². The molecule has 0 aliphatic heterocycles. The number of aromatic nitrogens is 4. The number of nitrogens with zero attached hydrogens (tertiary/aromatic N) is 4. The third kappa shape index (κ3) is 1.69. The van der Waals surface area contributed by atoms with Crippen LogP contribution in [0, 0.1) is 0 Å². The number of rotatable bonds is 2. The van der Waals surface area contributed by atoms with Crippen LogP contribution in [0.25, 0.3) is 11.4 Å². The van der Waals surface area contributed by atoms with Crippen LogP contribution in [-0.2, 0) is 7.05 Å². The number of hydrogen-bond donors (Lipinski definition) is 1. The van der Waals surface area contributed by atoms with Gasteiger partial charge in [-0.2, -0.15) is 5.10 Å². The van der Waals surface area contributed by atoms with E-state index in [4.69, 9.17) is 5.11 Å². The molecule has 6 heteroatoms. The normalized spacial score (nSPS) is 10.2. The minimum atomic E-state index is -1.10. The summed E-state index contributed by atoms with van der Waals surface area (Å²) < 4.78 is 1.23. The Morgan fingerprint density at radius 1 is 1.53 bits per heavy atom. The van der Waals surface area contributed by atoms with Crippen LogP contribution in [0.15, 0.2) is 24.5 Å². The molecule has 0 aliphatic carbocycles. The van der Waals surface area contributed by atoms with Crippen molar-refractivity contribution in [2.45, 2.75) is 0 Å². The zero-order chi connectivity index (χ0) is 10.8. The van der Waals surface area contributed by atoms with Gasteiger partial charge in [0, 0.05) is 25.0 Å². The molecule has 2 aromatic rings. The molecule has 0 spiro atoms. The lowest BCUT2D eigenvalue weighted by molar-refractivity contribution is 0.0678. The topological polar surface area (TPSA) is 80.9 Å². The molecule has 0 saturated carbocycles. The van der Waals surface area contributed by atoms with Gasteiger partial charge in [0.25, 0.3) is 0 Å². The zero-order valence-corrected chi connectivity index (χ0v) is 7.95. The molecule has 2 aromatic heterocycles. The second-order valence-electron chi connectivity index (χ2n) is 2.93. The fourth-order valence-electron chi connectivity index (χ4n) is 1.19. The van der Waals surface area contributed by atoms with Crippen molar-refractivity contribution in [3.63, 3.8) is 0 Å². The predicted molar refractivity (Wildman–Crippen MR) is 51.2 cm³/mol. The van der Waals surface area contributed by atoms with Crippen LogP contribution in [0.4, 0.5) is 0 Å². The number of hydrogen-bond acceptors (Lipinski definition) is 4. The molecule has 0 bridgehead atoms. The summed E-state index contributed by atoms with van der Waals surface area (Å²) in [6.45, 7) is 0. The van der Waals surface area contributed by atoms with E-state index in [0.29, 0.717) is 11.4 Å². The summed E-state index contributed by atoms with van der Waals surface area (Å²) in [4.78, 5) is 18.5. The minimum absolute atomic E-state index is 0.0890. The quantitative estimate of drug-likeness (QED) is 0.773. The molecule has 0 radical (unpaired) electrons. The SMILES string of the molecule is Cn1nc(-c2cccnc2)nc1C(=O)O. The van der Waals surface area contributed by atoms with Crippen molar-refractivity contribution in [2.24, 2.45) is 7.05 Å².